The Kier molecular flexibility index (Phi) is 4.15. The van der Waals surface area contributed by atoms with Crippen LogP contribution in [0.3, 0.4) is 0 Å². The van der Waals surface area contributed by atoms with Crippen LogP contribution in [0, 0.1) is 5.21 Å². The molecule has 1 aliphatic heterocycles. The first-order valence-electron chi connectivity index (χ1n) is 5.49. The van der Waals surface area contributed by atoms with Crippen molar-refractivity contribution in [3.05, 3.63) is 29.0 Å². The van der Waals surface area contributed by atoms with Crippen molar-refractivity contribution >= 4 is 28.2 Å². The second-order valence-corrected chi connectivity index (χ2v) is 4.25. The third-order valence-corrected chi connectivity index (χ3v) is 3.01. The predicted molar refractivity (Wildman–Crippen MR) is 65.4 cm³/mol. The molecule has 0 bridgehead atoms. The molecule has 0 aliphatic carbocycles. The van der Waals surface area contributed by atoms with E-state index in [0.717, 1.165) is 0 Å². The average molecular weight is 273 g/mol. The van der Waals surface area contributed by atoms with Gasteiger partial charge in [-0.25, -0.2) is 5.21 Å². The van der Waals surface area contributed by atoms with E-state index in [0.29, 0.717) is 32.0 Å². The number of carbonyl (C=O) groups is 1. The van der Waals surface area contributed by atoms with Gasteiger partial charge in [-0.2, -0.15) is 5.23 Å². The number of carbonyl (C=O) groups excluding carboxylic acids is 1. The highest BCUT2D eigenvalue weighted by molar-refractivity contribution is 6.68. The topological polar surface area (TPSA) is 77.3 Å². The Labute approximate surface area is 109 Å². The predicted octanol–water partition coefficient (Wildman–Crippen LogP) is 0.306. The van der Waals surface area contributed by atoms with E-state index in [1.54, 1.807) is 6.07 Å². The molecule has 1 aromatic carbocycles. The number of ether oxygens (including phenoxy) is 1. The van der Waals surface area contributed by atoms with E-state index in [1.165, 1.54) is 12.1 Å². The summed E-state index contributed by atoms with van der Waals surface area (Å²) >= 11 is 5.51. The van der Waals surface area contributed by atoms with Gasteiger partial charge in [-0.15, -0.1) is 0 Å². The van der Waals surface area contributed by atoms with E-state index in [2.05, 4.69) is 0 Å². The number of nitrogens with one attached hydrogen (secondary N) is 1. The van der Waals surface area contributed by atoms with Crippen molar-refractivity contribution in [3.63, 3.8) is 0 Å². The molecule has 1 unspecified atom stereocenters. The summed E-state index contributed by atoms with van der Waals surface area (Å²) in [5.74, 6) is 0. The molecule has 7 heteroatoms. The third kappa shape index (κ3) is 2.80. The maximum absolute atomic E-state index is 11.4. The van der Waals surface area contributed by atoms with Crippen LogP contribution >= 0.6 is 11.6 Å². The SMILES string of the molecule is O=C(Cl)c1cc([NH+]([O-])O)ccc1N1CCOCC1. The maximum atomic E-state index is 11.4. The second kappa shape index (κ2) is 5.64. The van der Waals surface area contributed by atoms with E-state index < -0.39 is 10.5 Å². The number of rotatable bonds is 3. The minimum atomic E-state index is -1.08. The summed E-state index contributed by atoms with van der Waals surface area (Å²) in [6, 6.07) is 4.39. The van der Waals surface area contributed by atoms with Gasteiger partial charge < -0.3 is 14.8 Å². The molecule has 1 atom stereocenters. The highest BCUT2D eigenvalue weighted by Crippen LogP contribution is 2.25. The monoisotopic (exact) mass is 272 g/mol. The molecule has 1 fully saturated rings. The van der Waals surface area contributed by atoms with Gasteiger partial charge in [0.05, 0.1) is 18.8 Å². The van der Waals surface area contributed by atoms with Crippen molar-refractivity contribution in [2.45, 2.75) is 0 Å². The largest absolute Gasteiger partial charge is 0.595 e. The van der Waals surface area contributed by atoms with Crippen LogP contribution in [0.25, 0.3) is 0 Å². The summed E-state index contributed by atoms with van der Waals surface area (Å²) in [7, 11) is 0. The molecule has 1 saturated heterocycles. The number of quaternary nitrogens is 1. The molecule has 0 amide bonds. The molecule has 0 spiro atoms. The summed E-state index contributed by atoms with van der Waals surface area (Å²) in [5, 5.41) is 18.0. The highest BCUT2D eigenvalue weighted by Gasteiger charge is 2.19. The Morgan fingerprint density at radius 3 is 2.67 bits per heavy atom. The van der Waals surface area contributed by atoms with E-state index in [1.807, 2.05) is 4.90 Å². The second-order valence-electron chi connectivity index (χ2n) is 3.91. The molecule has 1 aromatic rings. The smallest absolute Gasteiger partial charge is 0.254 e. The fourth-order valence-corrected chi connectivity index (χ4v) is 2.06. The zero-order valence-electron chi connectivity index (χ0n) is 9.56. The number of nitrogens with zero attached hydrogens (tertiary/aromatic N) is 1. The van der Waals surface area contributed by atoms with Crippen molar-refractivity contribution in [1.82, 2.24) is 0 Å². The lowest BCUT2D eigenvalue weighted by Gasteiger charge is -2.30. The van der Waals surface area contributed by atoms with Crippen LogP contribution in [0.15, 0.2) is 18.2 Å². The zero-order chi connectivity index (χ0) is 13.1. The quantitative estimate of drug-likeness (QED) is 0.612. The van der Waals surface area contributed by atoms with Gasteiger partial charge in [0.2, 0.25) is 0 Å². The van der Waals surface area contributed by atoms with Gasteiger partial charge in [0.25, 0.3) is 5.24 Å². The molecule has 18 heavy (non-hydrogen) atoms. The Morgan fingerprint density at radius 2 is 2.11 bits per heavy atom. The van der Waals surface area contributed by atoms with Gasteiger partial charge in [0.15, 0.2) is 5.69 Å². The first-order chi connectivity index (χ1) is 8.59. The fraction of sp³-hybridized carbons (Fsp3) is 0.364. The normalized spacial score (nSPS) is 17.6. The Balaban J connectivity index is 2.36. The van der Waals surface area contributed by atoms with Gasteiger partial charge in [0, 0.05) is 30.9 Å². The van der Waals surface area contributed by atoms with Crippen molar-refractivity contribution < 1.29 is 20.0 Å². The highest BCUT2D eigenvalue weighted by atomic mass is 35.5. The lowest BCUT2D eigenvalue weighted by molar-refractivity contribution is -0.991. The fourth-order valence-electron chi connectivity index (χ4n) is 1.91. The van der Waals surface area contributed by atoms with E-state index in [9.17, 15) is 10.0 Å². The summed E-state index contributed by atoms with van der Waals surface area (Å²) < 4.78 is 5.23. The zero-order valence-corrected chi connectivity index (χ0v) is 10.3. The van der Waals surface area contributed by atoms with Crippen molar-refractivity contribution in [3.8, 4) is 0 Å². The van der Waals surface area contributed by atoms with Crippen LogP contribution in [-0.2, 0) is 4.74 Å². The summed E-state index contributed by atoms with van der Waals surface area (Å²) in [6.07, 6.45) is 0. The molecule has 98 valence electrons. The Bertz CT molecular complexity index is 447. The number of morpholine rings is 1. The lowest BCUT2D eigenvalue weighted by atomic mass is 10.1. The number of anilines is 1. The first kappa shape index (κ1) is 13.3. The summed E-state index contributed by atoms with van der Waals surface area (Å²) in [6.45, 7) is 2.47. The number of hydrogen-bond donors (Lipinski definition) is 2. The minimum Gasteiger partial charge on any atom is -0.595 e. The number of halogens is 1. The molecule has 0 saturated carbocycles. The van der Waals surface area contributed by atoms with Crippen LogP contribution in [0.5, 0.6) is 0 Å². The minimum absolute atomic E-state index is 0.0519. The van der Waals surface area contributed by atoms with E-state index in [-0.39, 0.29) is 11.3 Å². The van der Waals surface area contributed by atoms with Crippen molar-refractivity contribution in [1.29, 1.82) is 0 Å². The molecule has 2 rings (SSSR count). The van der Waals surface area contributed by atoms with Crippen LogP contribution < -0.4 is 10.1 Å². The molecular formula is C11H13ClN2O4. The van der Waals surface area contributed by atoms with Crippen LogP contribution in [0.1, 0.15) is 10.4 Å². The van der Waals surface area contributed by atoms with E-state index in [4.69, 9.17) is 21.5 Å². The van der Waals surface area contributed by atoms with Gasteiger partial charge in [-0.3, -0.25) is 4.79 Å². The van der Waals surface area contributed by atoms with Gasteiger partial charge in [-0.05, 0) is 17.7 Å². The van der Waals surface area contributed by atoms with Gasteiger partial charge >= 0.3 is 0 Å². The molecule has 2 N–H and O–H groups in total. The molecule has 0 radical (unpaired) electrons. The lowest BCUT2D eigenvalue weighted by Crippen LogP contribution is -2.99. The third-order valence-electron chi connectivity index (χ3n) is 2.81. The van der Waals surface area contributed by atoms with Crippen LogP contribution in [-0.4, -0.2) is 36.8 Å². The molecule has 1 heterocycles. The Morgan fingerprint density at radius 1 is 1.44 bits per heavy atom. The molecular weight excluding hydrogens is 260 g/mol. The summed E-state index contributed by atoms with van der Waals surface area (Å²) in [5.41, 5.74) is 0.928. The molecule has 1 aliphatic rings. The Hall–Kier alpha value is -1.18. The van der Waals surface area contributed by atoms with Crippen molar-refractivity contribution in [2.75, 3.05) is 31.2 Å². The molecule has 0 aromatic heterocycles. The van der Waals surface area contributed by atoms with E-state index >= 15 is 0 Å². The van der Waals surface area contributed by atoms with Gasteiger partial charge in [0.1, 0.15) is 0 Å². The van der Waals surface area contributed by atoms with Crippen LogP contribution in [0.4, 0.5) is 11.4 Å². The molecule has 6 nitrogen and oxygen atoms in total. The maximum Gasteiger partial charge on any atom is 0.254 e. The number of benzene rings is 1. The van der Waals surface area contributed by atoms with Gasteiger partial charge in [-0.1, -0.05) is 0 Å². The standard InChI is InChI=1S/C11H13ClN2O4/c12-11(15)9-7-8(14(16)17)1-2-10(9)13-3-5-18-6-4-13/h1-2,7,14,16H,3-6H2. The van der Waals surface area contributed by atoms with Crippen LogP contribution in [0.2, 0.25) is 0 Å². The van der Waals surface area contributed by atoms with Crippen molar-refractivity contribution in [2.24, 2.45) is 0 Å². The average Bonchev–Trinajstić information content (AvgIpc) is 2.39. The summed E-state index contributed by atoms with van der Waals surface area (Å²) in [4.78, 5) is 13.4. The number of hydrogen-bond acceptors (Lipinski definition) is 5. The first-order valence-corrected chi connectivity index (χ1v) is 5.87.